The van der Waals surface area contributed by atoms with E-state index in [0.717, 1.165) is 23.0 Å². The second kappa shape index (κ2) is 6.06. The molecule has 1 aliphatic heterocycles. The Morgan fingerprint density at radius 2 is 2.08 bits per heavy atom. The summed E-state index contributed by atoms with van der Waals surface area (Å²) in [5.41, 5.74) is 4.07. The lowest BCUT2D eigenvalue weighted by molar-refractivity contribution is 0.556. The van der Waals surface area contributed by atoms with Crippen molar-refractivity contribution in [1.29, 1.82) is 0 Å². The second-order valence-electron chi connectivity index (χ2n) is 6.31. The van der Waals surface area contributed by atoms with Crippen molar-refractivity contribution in [1.82, 2.24) is 9.38 Å². The fraction of sp³-hybridized carbons (Fsp3) is 0.263. The molecule has 0 unspecified atom stereocenters. The molecule has 4 rings (SSSR count). The van der Waals surface area contributed by atoms with Gasteiger partial charge in [-0.15, -0.1) is 0 Å². The van der Waals surface area contributed by atoms with E-state index >= 15 is 0 Å². The average molecular weight is 384 g/mol. The molecular formula is C19H18BrN3O. The summed E-state index contributed by atoms with van der Waals surface area (Å²) in [7, 11) is 0. The van der Waals surface area contributed by atoms with Gasteiger partial charge in [-0.05, 0) is 59.5 Å². The second-order valence-corrected chi connectivity index (χ2v) is 7.22. The van der Waals surface area contributed by atoms with Crippen LogP contribution in [0.3, 0.4) is 0 Å². The summed E-state index contributed by atoms with van der Waals surface area (Å²) in [5, 5.41) is 0. The van der Waals surface area contributed by atoms with Crippen molar-refractivity contribution >= 4 is 27.3 Å². The van der Waals surface area contributed by atoms with Crippen LogP contribution in [0.1, 0.15) is 24.6 Å². The van der Waals surface area contributed by atoms with Gasteiger partial charge in [0.1, 0.15) is 5.65 Å². The fourth-order valence-electron chi connectivity index (χ4n) is 3.38. The van der Waals surface area contributed by atoms with Crippen LogP contribution >= 0.6 is 15.9 Å². The zero-order chi connectivity index (χ0) is 16.7. The Morgan fingerprint density at radius 3 is 2.96 bits per heavy atom. The normalized spacial score (nSPS) is 17.1. The smallest absolute Gasteiger partial charge is 0.258 e. The van der Waals surface area contributed by atoms with Gasteiger partial charge in [0.15, 0.2) is 0 Å². The lowest BCUT2D eigenvalue weighted by Gasteiger charge is -2.36. The molecule has 0 fully saturated rings. The van der Waals surface area contributed by atoms with Crippen molar-refractivity contribution in [3.63, 3.8) is 0 Å². The molecule has 24 heavy (non-hydrogen) atoms. The molecule has 0 N–H and O–H groups in total. The molecule has 3 heterocycles. The first-order valence-corrected chi connectivity index (χ1v) is 8.93. The van der Waals surface area contributed by atoms with Crippen LogP contribution in [0.5, 0.6) is 0 Å². The largest absolute Gasteiger partial charge is 0.363 e. The van der Waals surface area contributed by atoms with Crippen molar-refractivity contribution in [2.75, 3.05) is 4.90 Å². The number of pyridine rings is 1. The van der Waals surface area contributed by atoms with Gasteiger partial charge in [-0.25, -0.2) is 4.98 Å². The molecule has 5 heteroatoms. The summed E-state index contributed by atoms with van der Waals surface area (Å²) in [6, 6.07) is 14.4. The van der Waals surface area contributed by atoms with E-state index in [1.54, 1.807) is 16.7 Å². The van der Waals surface area contributed by atoms with E-state index in [0.29, 0.717) is 18.2 Å². The van der Waals surface area contributed by atoms with Crippen LogP contribution in [0.4, 0.5) is 5.69 Å². The Kier molecular flexibility index (Phi) is 3.88. The molecule has 0 saturated carbocycles. The number of anilines is 1. The number of benzene rings is 1. The number of hydrogen-bond donors (Lipinski definition) is 0. The van der Waals surface area contributed by atoms with E-state index in [9.17, 15) is 4.79 Å². The monoisotopic (exact) mass is 383 g/mol. The minimum Gasteiger partial charge on any atom is -0.363 e. The highest BCUT2D eigenvalue weighted by molar-refractivity contribution is 9.10. The standard InChI is InChI=1S/C19H18BrN3O/c1-13-6-7-14-4-2-3-5-17(14)22(13)12-16-10-19(24)23-11-15(20)8-9-18(23)21-16/h2-5,8-11,13H,6-7,12H2,1H3/t13-/m0/s1. The van der Waals surface area contributed by atoms with Gasteiger partial charge >= 0.3 is 0 Å². The number of fused-ring (bicyclic) bond motifs is 2. The summed E-state index contributed by atoms with van der Waals surface area (Å²) in [6.07, 6.45) is 3.99. The highest BCUT2D eigenvalue weighted by atomic mass is 79.9. The van der Waals surface area contributed by atoms with Crippen LogP contribution in [-0.2, 0) is 13.0 Å². The maximum Gasteiger partial charge on any atom is 0.258 e. The first-order valence-electron chi connectivity index (χ1n) is 8.14. The van der Waals surface area contributed by atoms with Crippen LogP contribution in [0, 0.1) is 0 Å². The third-order valence-corrected chi connectivity index (χ3v) is 5.14. The molecule has 1 aromatic carbocycles. The first kappa shape index (κ1) is 15.4. The lowest BCUT2D eigenvalue weighted by atomic mass is 9.96. The van der Waals surface area contributed by atoms with E-state index in [-0.39, 0.29) is 5.56 Å². The van der Waals surface area contributed by atoms with Crippen molar-refractivity contribution in [2.45, 2.75) is 32.4 Å². The van der Waals surface area contributed by atoms with Crippen molar-refractivity contribution in [3.8, 4) is 0 Å². The molecule has 0 amide bonds. The van der Waals surface area contributed by atoms with E-state index in [2.05, 4.69) is 57.0 Å². The van der Waals surface area contributed by atoms with Gasteiger partial charge < -0.3 is 4.90 Å². The van der Waals surface area contributed by atoms with Crippen LogP contribution in [0.2, 0.25) is 0 Å². The molecule has 2 aromatic heterocycles. The minimum absolute atomic E-state index is 0.0470. The Hall–Kier alpha value is -2.14. The van der Waals surface area contributed by atoms with Crippen LogP contribution in [0.25, 0.3) is 5.65 Å². The summed E-state index contributed by atoms with van der Waals surface area (Å²) in [4.78, 5) is 19.4. The van der Waals surface area contributed by atoms with Gasteiger partial charge in [0.05, 0.1) is 12.2 Å². The molecule has 0 aliphatic carbocycles. The molecule has 1 atom stereocenters. The molecule has 0 saturated heterocycles. The number of rotatable bonds is 2. The average Bonchev–Trinajstić information content (AvgIpc) is 2.58. The predicted molar refractivity (Wildman–Crippen MR) is 99.6 cm³/mol. The van der Waals surface area contributed by atoms with E-state index < -0.39 is 0 Å². The fourth-order valence-corrected chi connectivity index (χ4v) is 3.72. The molecule has 3 aromatic rings. The Labute approximate surface area is 148 Å². The van der Waals surface area contributed by atoms with Gasteiger partial charge in [-0.1, -0.05) is 18.2 Å². The van der Waals surface area contributed by atoms with E-state index in [1.807, 2.05) is 12.1 Å². The summed E-state index contributed by atoms with van der Waals surface area (Å²) in [5.74, 6) is 0. The Bertz CT molecular complexity index is 966. The van der Waals surface area contributed by atoms with E-state index in [1.165, 1.54) is 11.3 Å². The van der Waals surface area contributed by atoms with Crippen LogP contribution in [-0.4, -0.2) is 15.4 Å². The van der Waals surface area contributed by atoms with Gasteiger partial charge in [0.2, 0.25) is 0 Å². The quantitative estimate of drug-likeness (QED) is 0.675. The van der Waals surface area contributed by atoms with Gasteiger partial charge in [0.25, 0.3) is 5.56 Å². The zero-order valence-electron chi connectivity index (χ0n) is 13.4. The van der Waals surface area contributed by atoms with Crippen LogP contribution < -0.4 is 10.5 Å². The zero-order valence-corrected chi connectivity index (χ0v) is 15.0. The van der Waals surface area contributed by atoms with Gasteiger partial charge in [-0.2, -0.15) is 0 Å². The Morgan fingerprint density at radius 1 is 1.25 bits per heavy atom. The third-order valence-electron chi connectivity index (χ3n) is 4.67. The topological polar surface area (TPSA) is 37.6 Å². The molecule has 4 nitrogen and oxygen atoms in total. The maximum atomic E-state index is 12.4. The minimum atomic E-state index is -0.0470. The van der Waals surface area contributed by atoms with E-state index in [4.69, 9.17) is 0 Å². The first-order chi connectivity index (χ1) is 11.6. The SMILES string of the molecule is C[C@H]1CCc2ccccc2N1Cc1cc(=O)n2cc(Br)ccc2n1. The summed E-state index contributed by atoms with van der Waals surface area (Å²) in [6.45, 7) is 2.89. The third kappa shape index (κ3) is 2.73. The maximum absolute atomic E-state index is 12.4. The van der Waals surface area contributed by atoms with Crippen molar-refractivity contribution in [2.24, 2.45) is 0 Å². The number of halogens is 1. The van der Waals surface area contributed by atoms with Crippen molar-refractivity contribution < 1.29 is 0 Å². The Balaban J connectivity index is 1.74. The van der Waals surface area contributed by atoms with Crippen molar-refractivity contribution in [3.05, 3.63) is 74.7 Å². The number of aryl methyl sites for hydroxylation is 1. The number of para-hydroxylation sites is 1. The van der Waals surface area contributed by atoms with Gasteiger partial charge in [0, 0.05) is 28.5 Å². The molecule has 0 radical (unpaired) electrons. The molecule has 0 bridgehead atoms. The van der Waals surface area contributed by atoms with Gasteiger partial charge in [-0.3, -0.25) is 9.20 Å². The number of hydrogen-bond acceptors (Lipinski definition) is 3. The summed E-state index contributed by atoms with van der Waals surface area (Å²) >= 11 is 3.39. The lowest BCUT2D eigenvalue weighted by Crippen LogP contribution is -2.37. The molecule has 122 valence electrons. The molecule has 1 aliphatic rings. The number of aromatic nitrogens is 2. The highest BCUT2D eigenvalue weighted by Gasteiger charge is 2.23. The summed E-state index contributed by atoms with van der Waals surface area (Å²) < 4.78 is 2.44. The molecule has 0 spiro atoms. The highest BCUT2D eigenvalue weighted by Crippen LogP contribution is 2.31. The van der Waals surface area contributed by atoms with Crippen LogP contribution in [0.15, 0.2) is 57.9 Å². The predicted octanol–water partition coefficient (Wildman–Crippen LogP) is 3.80. The molecular weight excluding hydrogens is 366 g/mol. The number of nitrogens with zero attached hydrogens (tertiary/aromatic N) is 3.